The van der Waals surface area contributed by atoms with Crippen LogP contribution in [0.15, 0.2) is 48.5 Å². The van der Waals surface area contributed by atoms with Gasteiger partial charge in [0.05, 0.1) is 0 Å². The number of carbonyl (C=O) groups excluding carboxylic acids is 1. The van der Waals surface area contributed by atoms with Crippen molar-refractivity contribution in [1.82, 2.24) is 5.32 Å². The van der Waals surface area contributed by atoms with E-state index < -0.39 is 12.0 Å². The molecule has 4 nitrogen and oxygen atoms in total. The minimum Gasteiger partial charge on any atom is -0.508 e. The molecular weight excluding hydrogens is 297 g/mol. The summed E-state index contributed by atoms with van der Waals surface area (Å²) in [5, 5.41) is 22.1. The summed E-state index contributed by atoms with van der Waals surface area (Å²) >= 11 is 0. The number of rotatable bonds is 6. The van der Waals surface area contributed by atoms with Gasteiger partial charge in [-0.05, 0) is 55.2 Å². The first-order chi connectivity index (χ1) is 11.0. The van der Waals surface area contributed by atoms with Crippen LogP contribution >= 0.6 is 0 Å². The lowest BCUT2D eigenvalue weighted by Gasteiger charge is -2.17. The Bertz CT molecular complexity index is 675. The van der Waals surface area contributed by atoms with Crippen molar-refractivity contribution in [3.05, 3.63) is 65.5 Å². The Morgan fingerprint density at radius 2 is 1.96 bits per heavy atom. The first-order valence-electron chi connectivity index (χ1n) is 7.47. The van der Waals surface area contributed by atoms with E-state index in [9.17, 15) is 19.4 Å². The molecule has 1 unspecified atom stereocenters. The Kier molecular flexibility index (Phi) is 5.71. The van der Waals surface area contributed by atoms with Crippen molar-refractivity contribution in [2.45, 2.75) is 31.9 Å². The molecule has 23 heavy (non-hydrogen) atoms. The number of halogens is 1. The molecule has 0 saturated heterocycles. The van der Waals surface area contributed by atoms with Gasteiger partial charge >= 0.3 is 0 Å². The standard InChI is InChI=1S/C18H20FNO3/c1-12(8-9-13-4-2-6-15(19)10-13)20-18(23)17(22)14-5-3-7-16(21)11-14/h2-7,10-12,17,21-22H,8-9H2,1H3,(H,20,23)/t12-,17?/m1/s1. The molecule has 0 heterocycles. The highest BCUT2D eigenvalue weighted by atomic mass is 19.1. The highest BCUT2D eigenvalue weighted by Gasteiger charge is 2.19. The zero-order valence-corrected chi connectivity index (χ0v) is 12.9. The maximum Gasteiger partial charge on any atom is 0.253 e. The first kappa shape index (κ1) is 17.0. The number of aryl methyl sites for hydroxylation is 1. The SMILES string of the molecule is C[C@H](CCc1cccc(F)c1)NC(=O)C(O)c1cccc(O)c1. The Hall–Kier alpha value is -2.40. The molecule has 2 atom stereocenters. The van der Waals surface area contributed by atoms with Gasteiger partial charge in [-0.15, -0.1) is 0 Å². The number of aliphatic hydroxyl groups excluding tert-OH is 1. The Labute approximate surface area is 134 Å². The fourth-order valence-electron chi connectivity index (χ4n) is 2.32. The molecule has 2 rings (SSSR count). The van der Waals surface area contributed by atoms with E-state index in [0.29, 0.717) is 18.4 Å². The molecule has 2 aromatic rings. The van der Waals surface area contributed by atoms with Gasteiger partial charge < -0.3 is 15.5 Å². The van der Waals surface area contributed by atoms with Gasteiger partial charge in [-0.3, -0.25) is 4.79 Å². The van der Waals surface area contributed by atoms with E-state index in [2.05, 4.69) is 5.32 Å². The lowest BCUT2D eigenvalue weighted by molar-refractivity contribution is -0.130. The molecule has 0 fully saturated rings. The quantitative estimate of drug-likeness (QED) is 0.767. The van der Waals surface area contributed by atoms with Crippen molar-refractivity contribution in [1.29, 1.82) is 0 Å². The normalized spacial score (nSPS) is 13.3. The van der Waals surface area contributed by atoms with Gasteiger partial charge in [-0.1, -0.05) is 24.3 Å². The largest absolute Gasteiger partial charge is 0.508 e. The van der Waals surface area contributed by atoms with Crippen molar-refractivity contribution < 1.29 is 19.4 Å². The molecule has 122 valence electrons. The zero-order chi connectivity index (χ0) is 16.8. The average Bonchev–Trinajstić information content (AvgIpc) is 2.52. The smallest absolute Gasteiger partial charge is 0.253 e. The number of nitrogens with one attached hydrogen (secondary N) is 1. The topological polar surface area (TPSA) is 69.6 Å². The minimum atomic E-state index is -1.33. The van der Waals surface area contributed by atoms with Crippen molar-refractivity contribution in [3.8, 4) is 5.75 Å². The number of aromatic hydroxyl groups is 1. The fraction of sp³-hybridized carbons (Fsp3) is 0.278. The number of phenols is 1. The Morgan fingerprint density at radius 3 is 2.65 bits per heavy atom. The van der Waals surface area contributed by atoms with E-state index in [1.807, 2.05) is 13.0 Å². The van der Waals surface area contributed by atoms with Crippen LogP contribution in [0, 0.1) is 5.82 Å². The molecule has 0 aliphatic rings. The van der Waals surface area contributed by atoms with Crippen LogP contribution in [-0.4, -0.2) is 22.2 Å². The zero-order valence-electron chi connectivity index (χ0n) is 12.9. The van der Waals surface area contributed by atoms with Crippen LogP contribution < -0.4 is 5.32 Å². The van der Waals surface area contributed by atoms with E-state index in [-0.39, 0.29) is 17.6 Å². The molecule has 0 bridgehead atoms. The summed E-state index contributed by atoms with van der Waals surface area (Å²) in [7, 11) is 0. The van der Waals surface area contributed by atoms with Gasteiger partial charge in [0.15, 0.2) is 6.10 Å². The molecule has 0 aliphatic heterocycles. The van der Waals surface area contributed by atoms with Gasteiger partial charge in [0, 0.05) is 6.04 Å². The predicted octanol–water partition coefficient (Wildman–Crippen LogP) is 2.70. The Balaban J connectivity index is 1.86. The summed E-state index contributed by atoms with van der Waals surface area (Å²) in [4.78, 5) is 12.0. The molecule has 3 N–H and O–H groups in total. The van der Waals surface area contributed by atoms with Crippen LogP contribution in [0.2, 0.25) is 0 Å². The van der Waals surface area contributed by atoms with E-state index in [1.165, 1.54) is 24.3 Å². The van der Waals surface area contributed by atoms with Gasteiger partial charge in [0.25, 0.3) is 5.91 Å². The van der Waals surface area contributed by atoms with E-state index in [1.54, 1.807) is 18.2 Å². The number of carbonyl (C=O) groups is 1. The summed E-state index contributed by atoms with van der Waals surface area (Å²) in [6, 6.07) is 12.1. The van der Waals surface area contributed by atoms with Gasteiger partial charge in [-0.25, -0.2) is 4.39 Å². The maximum absolute atomic E-state index is 13.1. The lowest BCUT2D eigenvalue weighted by atomic mass is 10.0. The second-order valence-electron chi connectivity index (χ2n) is 5.58. The van der Waals surface area contributed by atoms with Crippen molar-refractivity contribution in [3.63, 3.8) is 0 Å². The first-order valence-corrected chi connectivity index (χ1v) is 7.47. The molecular formula is C18H20FNO3. The van der Waals surface area contributed by atoms with Crippen LogP contribution in [0.25, 0.3) is 0 Å². The van der Waals surface area contributed by atoms with Crippen LogP contribution in [-0.2, 0) is 11.2 Å². The monoisotopic (exact) mass is 317 g/mol. The average molecular weight is 317 g/mol. The van der Waals surface area contributed by atoms with E-state index >= 15 is 0 Å². The number of hydrogen-bond donors (Lipinski definition) is 3. The van der Waals surface area contributed by atoms with Crippen LogP contribution in [0.4, 0.5) is 4.39 Å². The minimum absolute atomic E-state index is 0.00602. The summed E-state index contributed by atoms with van der Waals surface area (Å²) in [5.74, 6) is -0.811. The predicted molar refractivity (Wildman–Crippen MR) is 85.4 cm³/mol. The second kappa shape index (κ2) is 7.74. The summed E-state index contributed by atoms with van der Waals surface area (Å²) < 4.78 is 13.1. The fourth-order valence-corrected chi connectivity index (χ4v) is 2.32. The maximum atomic E-state index is 13.1. The van der Waals surface area contributed by atoms with Gasteiger partial charge in [0.1, 0.15) is 11.6 Å². The molecule has 0 radical (unpaired) electrons. The van der Waals surface area contributed by atoms with Crippen LogP contribution in [0.5, 0.6) is 5.75 Å². The highest BCUT2D eigenvalue weighted by molar-refractivity contribution is 5.82. The second-order valence-corrected chi connectivity index (χ2v) is 5.58. The van der Waals surface area contributed by atoms with Crippen LogP contribution in [0.3, 0.4) is 0 Å². The van der Waals surface area contributed by atoms with Gasteiger partial charge in [-0.2, -0.15) is 0 Å². The van der Waals surface area contributed by atoms with Crippen molar-refractivity contribution in [2.75, 3.05) is 0 Å². The molecule has 0 aromatic heterocycles. The number of benzene rings is 2. The number of aliphatic hydroxyl groups is 1. The lowest BCUT2D eigenvalue weighted by Crippen LogP contribution is -2.36. The third-order valence-electron chi connectivity index (χ3n) is 3.58. The molecule has 1 amide bonds. The molecule has 0 aliphatic carbocycles. The van der Waals surface area contributed by atoms with Crippen LogP contribution in [0.1, 0.15) is 30.6 Å². The van der Waals surface area contributed by atoms with E-state index in [0.717, 1.165) is 5.56 Å². The highest BCUT2D eigenvalue weighted by Crippen LogP contribution is 2.18. The molecule has 0 spiro atoms. The summed E-state index contributed by atoms with van der Waals surface area (Å²) in [6.07, 6.45) is -0.0812. The number of amides is 1. The number of phenolic OH excluding ortho intramolecular Hbond substituents is 1. The molecule has 0 saturated carbocycles. The Morgan fingerprint density at radius 1 is 1.22 bits per heavy atom. The van der Waals surface area contributed by atoms with E-state index in [4.69, 9.17) is 0 Å². The third-order valence-corrected chi connectivity index (χ3v) is 3.58. The summed E-state index contributed by atoms with van der Waals surface area (Å²) in [5.41, 5.74) is 1.19. The van der Waals surface area contributed by atoms with Gasteiger partial charge in [0.2, 0.25) is 0 Å². The number of hydrogen-bond acceptors (Lipinski definition) is 3. The van der Waals surface area contributed by atoms with Crippen molar-refractivity contribution >= 4 is 5.91 Å². The van der Waals surface area contributed by atoms with Crippen molar-refractivity contribution in [2.24, 2.45) is 0 Å². The molecule has 5 heteroatoms. The molecule has 2 aromatic carbocycles. The third kappa shape index (κ3) is 5.07. The summed E-state index contributed by atoms with van der Waals surface area (Å²) in [6.45, 7) is 1.83.